The van der Waals surface area contributed by atoms with E-state index in [0.29, 0.717) is 12.5 Å². The van der Waals surface area contributed by atoms with Crippen molar-refractivity contribution in [3.63, 3.8) is 0 Å². The number of nitrogens with one attached hydrogen (secondary N) is 2. The zero-order valence-electron chi connectivity index (χ0n) is 11.7. The van der Waals surface area contributed by atoms with Crippen molar-refractivity contribution in [2.45, 2.75) is 26.8 Å². The number of hydrogen-bond acceptors (Lipinski definition) is 2. The Morgan fingerprint density at radius 1 is 1.30 bits per heavy atom. The molecule has 1 aromatic rings. The van der Waals surface area contributed by atoms with E-state index in [4.69, 9.17) is 0 Å². The monoisotopic (exact) mass is 344 g/mol. The van der Waals surface area contributed by atoms with Crippen LogP contribution in [0.15, 0.2) is 22.7 Å². The Balaban J connectivity index is 2.66. The highest BCUT2D eigenvalue weighted by Crippen LogP contribution is 2.20. The minimum Gasteiger partial charge on any atom is -0.354 e. The Labute approximate surface area is 126 Å². The van der Waals surface area contributed by atoms with Gasteiger partial charge in [0.15, 0.2) is 0 Å². The van der Waals surface area contributed by atoms with Crippen molar-refractivity contribution in [3.8, 4) is 0 Å². The van der Waals surface area contributed by atoms with Gasteiger partial charge >= 0.3 is 0 Å². The summed E-state index contributed by atoms with van der Waals surface area (Å²) in [5.41, 5.74) is 0.161. The lowest BCUT2D eigenvalue weighted by Crippen LogP contribution is -2.45. The molecule has 20 heavy (non-hydrogen) atoms. The molecule has 0 spiro atoms. The van der Waals surface area contributed by atoms with E-state index in [-0.39, 0.29) is 15.9 Å². The summed E-state index contributed by atoms with van der Waals surface area (Å²) in [6, 6.07) is 3.50. The maximum Gasteiger partial charge on any atom is 0.253 e. The highest BCUT2D eigenvalue weighted by atomic mass is 79.9. The summed E-state index contributed by atoms with van der Waals surface area (Å²) in [5, 5.41) is 5.27. The first-order valence-corrected chi connectivity index (χ1v) is 7.14. The van der Waals surface area contributed by atoms with E-state index in [9.17, 15) is 14.0 Å². The number of amides is 2. The molecule has 0 aliphatic carbocycles. The highest BCUT2D eigenvalue weighted by Gasteiger charge is 2.19. The molecule has 1 atom stereocenters. The van der Waals surface area contributed by atoms with Crippen molar-refractivity contribution in [1.29, 1.82) is 0 Å². The fourth-order valence-electron chi connectivity index (χ4n) is 1.48. The third kappa shape index (κ3) is 4.59. The summed E-state index contributed by atoms with van der Waals surface area (Å²) < 4.78 is 13.4. The van der Waals surface area contributed by atoms with Gasteiger partial charge in [0.05, 0.1) is 10.0 Å². The molecule has 110 valence electrons. The second-order valence-electron chi connectivity index (χ2n) is 4.94. The smallest absolute Gasteiger partial charge is 0.253 e. The Bertz CT molecular complexity index is 506. The van der Waals surface area contributed by atoms with E-state index in [1.54, 1.807) is 6.92 Å². The molecule has 0 aliphatic heterocycles. The van der Waals surface area contributed by atoms with Crippen LogP contribution in [0.4, 0.5) is 4.39 Å². The number of hydrogen-bond donors (Lipinski definition) is 2. The maximum atomic E-state index is 13.3. The van der Waals surface area contributed by atoms with Crippen molar-refractivity contribution in [2.24, 2.45) is 5.92 Å². The topological polar surface area (TPSA) is 58.2 Å². The predicted octanol–water partition coefficient (Wildman–Crippen LogP) is 2.48. The van der Waals surface area contributed by atoms with Crippen molar-refractivity contribution in [2.75, 3.05) is 6.54 Å². The fraction of sp³-hybridized carbons (Fsp3) is 0.429. The van der Waals surface area contributed by atoms with Crippen molar-refractivity contribution < 1.29 is 14.0 Å². The van der Waals surface area contributed by atoms with Gasteiger partial charge in [0.1, 0.15) is 11.9 Å². The molecule has 2 N–H and O–H groups in total. The molecule has 0 heterocycles. The van der Waals surface area contributed by atoms with Crippen molar-refractivity contribution in [3.05, 3.63) is 34.1 Å². The van der Waals surface area contributed by atoms with E-state index < -0.39 is 17.8 Å². The van der Waals surface area contributed by atoms with Crippen LogP contribution in [0.2, 0.25) is 0 Å². The molecular formula is C14H18BrFN2O2. The molecule has 1 rings (SSSR count). The first-order valence-electron chi connectivity index (χ1n) is 6.35. The third-order valence-corrected chi connectivity index (χ3v) is 3.43. The lowest BCUT2D eigenvalue weighted by Gasteiger charge is -2.15. The Kier molecular flexibility index (Phi) is 6.13. The second kappa shape index (κ2) is 7.38. The van der Waals surface area contributed by atoms with Crippen LogP contribution < -0.4 is 10.6 Å². The molecule has 0 saturated heterocycles. The Hall–Kier alpha value is -1.43. The number of benzene rings is 1. The molecule has 0 aromatic heterocycles. The first kappa shape index (κ1) is 16.6. The van der Waals surface area contributed by atoms with Gasteiger partial charge in [-0.15, -0.1) is 0 Å². The van der Waals surface area contributed by atoms with Crippen LogP contribution in [0, 0.1) is 11.7 Å². The lowest BCUT2D eigenvalue weighted by molar-refractivity contribution is -0.122. The van der Waals surface area contributed by atoms with Crippen LogP contribution in [0.5, 0.6) is 0 Å². The molecular weight excluding hydrogens is 327 g/mol. The Morgan fingerprint density at radius 2 is 1.95 bits per heavy atom. The second-order valence-corrected chi connectivity index (χ2v) is 5.73. The normalized spacial score (nSPS) is 12.1. The van der Waals surface area contributed by atoms with Gasteiger partial charge in [-0.25, -0.2) is 4.39 Å². The van der Waals surface area contributed by atoms with Gasteiger partial charge in [0.25, 0.3) is 5.91 Å². The minimum absolute atomic E-state index is 0.0901. The van der Waals surface area contributed by atoms with E-state index in [1.165, 1.54) is 18.2 Å². The summed E-state index contributed by atoms with van der Waals surface area (Å²) in [6.07, 6.45) is 0. The predicted molar refractivity (Wildman–Crippen MR) is 78.9 cm³/mol. The quantitative estimate of drug-likeness (QED) is 0.861. The molecule has 2 amide bonds. The lowest BCUT2D eigenvalue weighted by atomic mass is 10.2. The number of rotatable bonds is 5. The van der Waals surface area contributed by atoms with Crippen molar-refractivity contribution in [1.82, 2.24) is 10.6 Å². The van der Waals surface area contributed by atoms with Gasteiger partial charge in [-0.3, -0.25) is 9.59 Å². The van der Waals surface area contributed by atoms with Gasteiger partial charge in [0.2, 0.25) is 5.91 Å². The van der Waals surface area contributed by atoms with Crippen LogP contribution >= 0.6 is 15.9 Å². The zero-order chi connectivity index (χ0) is 15.3. The number of halogens is 2. The molecule has 0 saturated carbocycles. The summed E-state index contributed by atoms with van der Waals surface area (Å²) in [4.78, 5) is 23.7. The van der Waals surface area contributed by atoms with Gasteiger partial charge in [0, 0.05) is 6.54 Å². The molecule has 0 aliphatic rings. The summed E-state index contributed by atoms with van der Waals surface area (Å²) in [5.74, 6) is -0.947. The maximum absolute atomic E-state index is 13.3. The first-order chi connectivity index (χ1) is 9.32. The largest absolute Gasteiger partial charge is 0.354 e. The molecule has 6 heteroatoms. The standard InChI is InChI=1S/C14H18BrFN2O2/c1-8(2)7-17-13(19)9(3)18-14(20)10-5-4-6-11(16)12(10)15/h4-6,8-9H,7H2,1-3H3,(H,17,19)(H,18,20). The molecule has 0 fully saturated rings. The number of carbonyl (C=O) groups excluding carboxylic acids is 2. The van der Waals surface area contributed by atoms with Crippen LogP contribution in [0.1, 0.15) is 31.1 Å². The zero-order valence-corrected chi connectivity index (χ0v) is 13.3. The molecule has 0 radical (unpaired) electrons. The van der Waals surface area contributed by atoms with Gasteiger partial charge in [-0.05, 0) is 40.9 Å². The van der Waals surface area contributed by atoms with Gasteiger partial charge in [-0.2, -0.15) is 0 Å². The average Bonchev–Trinajstić information content (AvgIpc) is 2.38. The molecule has 4 nitrogen and oxygen atoms in total. The van der Waals surface area contributed by atoms with E-state index in [0.717, 1.165) is 0 Å². The highest BCUT2D eigenvalue weighted by molar-refractivity contribution is 9.10. The van der Waals surface area contributed by atoms with E-state index in [1.807, 2.05) is 13.8 Å². The molecule has 1 unspecified atom stereocenters. The van der Waals surface area contributed by atoms with Crippen LogP contribution in [0.25, 0.3) is 0 Å². The van der Waals surface area contributed by atoms with Crippen LogP contribution in [-0.4, -0.2) is 24.4 Å². The van der Waals surface area contributed by atoms with Gasteiger partial charge in [-0.1, -0.05) is 19.9 Å². The Morgan fingerprint density at radius 3 is 2.55 bits per heavy atom. The summed E-state index contributed by atoms with van der Waals surface area (Å²) >= 11 is 3.02. The molecule has 1 aromatic carbocycles. The SMILES string of the molecule is CC(C)CNC(=O)C(C)NC(=O)c1cccc(F)c1Br. The summed E-state index contributed by atoms with van der Waals surface area (Å²) in [6.45, 7) is 6.09. The minimum atomic E-state index is -0.684. The summed E-state index contributed by atoms with van der Waals surface area (Å²) in [7, 11) is 0. The van der Waals surface area contributed by atoms with Crippen molar-refractivity contribution >= 4 is 27.7 Å². The number of carbonyl (C=O) groups is 2. The average molecular weight is 345 g/mol. The van der Waals surface area contributed by atoms with E-state index >= 15 is 0 Å². The van der Waals surface area contributed by atoms with Crippen LogP contribution in [0.3, 0.4) is 0 Å². The molecule has 0 bridgehead atoms. The van der Waals surface area contributed by atoms with Crippen LogP contribution in [-0.2, 0) is 4.79 Å². The fourth-order valence-corrected chi connectivity index (χ4v) is 1.92. The third-order valence-electron chi connectivity index (χ3n) is 2.62. The van der Waals surface area contributed by atoms with E-state index in [2.05, 4.69) is 26.6 Å². The van der Waals surface area contributed by atoms with Gasteiger partial charge < -0.3 is 10.6 Å².